The van der Waals surface area contributed by atoms with Gasteiger partial charge in [0.05, 0.1) is 6.61 Å². The maximum atomic E-state index is 10.8. The summed E-state index contributed by atoms with van der Waals surface area (Å²) in [6.07, 6.45) is 28.6. The molecule has 0 aliphatic heterocycles. The van der Waals surface area contributed by atoms with Crippen LogP contribution in [-0.4, -0.2) is 12.6 Å². The van der Waals surface area contributed by atoms with Crippen molar-refractivity contribution in [2.75, 3.05) is 6.61 Å². The molecule has 0 bridgehead atoms. The van der Waals surface area contributed by atoms with Gasteiger partial charge in [-0.15, -0.1) is 0 Å². The largest absolute Gasteiger partial charge is 0.463 e. The topological polar surface area (TPSA) is 26.3 Å². The van der Waals surface area contributed by atoms with Crippen molar-refractivity contribution in [2.45, 2.75) is 116 Å². The van der Waals surface area contributed by atoms with Gasteiger partial charge in [-0.25, -0.2) is 4.79 Å². The van der Waals surface area contributed by atoms with E-state index in [4.69, 9.17) is 4.74 Å². The highest BCUT2D eigenvalue weighted by Crippen LogP contribution is 2.13. The van der Waals surface area contributed by atoms with Crippen LogP contribution in [0.1, 0.15) is 116 Å². The lowest BCUT2D eigenvalue weighted by Gasteiger charge is -2.03. The number of carbonyl (C=O) groups excluding carboxylic acids is 1. The molecule has 2 nitrogen and oxygen atoms in total. The molecule has 2 heteroatoms. The minimum absolute atomic E-state index is 0.323. The molecule has 0 atom stereocenters. The van der Waals surface area contributed by atoms with Crippen molar-refractivity contribution >= 4 is 5.97 Å². The Morgan fingerprint density at radius 2 is 1.12 bits per heavy atom. The molecule has 0 N–H and O–H groups in total. The summed E-state index contributed by atoms with van der Waals surface area (Å²) in [6, 6.07) is 0. The molecule has 0 amide bonds. The van der Waals surface area contributed by atoms with Gasteiger partial charge in [0.2, 0.25) is 0 Å². The van der Waals surface area contributed by atoms with E-state index in [0.717, 1.165) is 12.8 Å². The van der Waals surface area contributed by atoms with Crippen LogP contribution in [0.15, 0.2) is 24.8 Å². The number of ether oxygens (including phenoxy) is 1. The van der Waals surface area contributed by atoms with E-state index >= 15 is 0 Å². The zero-order valence-corrected chi connectivity index (χ0v) is 17.5. The molecule has 0 unspecified atom stereocenters. The second-order valence-corrected chi connectivity index (χ2v) is 7.37. The number of hydrogen-bond acceptors (Lipinski definition) is 2. The maximum Gasteiger partial charge on any atom is 0.330 e. The summed E-state index contributed by atoms with van der Waals surface area (Å²) >= 11 is 0. The zero-order chi connectivity index (χ0) is 19.1. The molecule has 0 rings (SSSR count). The quantitative estimate of drug-likeness (QED) is 0.0948. The van der Waals surface area contributed by atoms with Gasteiger partial charge in [0.25, 0.3) is 0 Å². The average Bonchev–Trinajstić information content (AvgIpc) is 2.66. The molecule has 0 aromatic heterocycles. The van der Waals surface area contributed by atoms with E-state index in [9.17, 15) is 4.79 Å². The molecular weight excluding hydrogens is 320 g/mol. The first-order valence-corrected chi connectivity index (χ1v) is 11.3. The van der Waals surface area contributed by atoms with Gasteiger partial charge < -0.3 is 4.74 Å². The zero-order valence-electron chi connectivity index (χ0n) is 17.5. The molecule has 0 aliphatic rings. The third-order valence-electron chi connectivity index (χ3n) is 4.82. The fourth-order valence-electron chi connectivity index (χ4n) is 3.13. The molecule has 0 aromatic carbocycles. The number of rotatable bonds is 20. The fourth-order valence-corrected chi connectivity index (χ4v) is 3.13. The standard InChI is InChI=1S/C24H44O2/c1-3-5-6-7-8-9-10-11-12-13-14-15-16-17-18-19-20-21-22-23-26-24(25)4-2/h4,19-20H,2-3,5-18,21-23H2,1H3/b20-19+. The molecule has 0 spiro atoms. The smallest absolute Gasteiger partial charge is 0.330 e. The van der Waals surface area contributed by atoms with Gasteiger partial charge in [0.1, 0.15) is 0 Å². The highest BCUT2D eigenvalue weighted by atomic mass is 16.5. The van der Waals surface area contributed by atoms with Crippen LogP contribution in [-0.2, 0) is 9.53 Å². The Hall–Kier alpha value is -1.05. The summed E-state index contributed by atoms with van der Waals surface area (Å²) < 4.78 is 4.93. The second-order valence-electron chi connectivity index (χ2n) is 7.37. The average molecular weight is 365 g/mol. The van der Waals surface area contributed by atoms with Crippen molar-refractivity contribution in [3.8, 4) is 0 Å². The lowest BCUT2D eigenvalue weighted by Crippen LogP contribution is -2.00. The summed E-state index contributed by atoms with van der Waals surface area (Å²) in [5.74, 6) is -0.323. The Kier molecular flexibility index (Phi) is 21.1. The van der Waals surface area contributed by atoms with Crippen LogP contribution < -0.4 is 0 Å². The second kappa shape index (κ2) is 22.0. The van der Waals surface area contributed by atoms with Gasteiger partial charge >= 0.3 is 5.97 Å². The number of hydrogen-bond donors (Lipinski definition) is 0. The van der Waals surface area contributed by atoms with Crippen molar-refractivity contribution in [2.24, 2.45) is 0 Å². The maximum absolute atomic E-state index is 10.8. The van der Waals surface area contributed by atoms with Crippen molar-refractivity contribution in [3.05, 3.63) is 24.8 Å². The van der Waals surface area contributed by atoms with Crippen LogP contribution in [0.5, 0.6) is 0 Å². The predicted molar refractivity (Wildman–Crippen MR) is 114 cm³/mol. The number of esters is 1. The highest BCUT2D eigenvalue weighted by molar-refractivity contribution is 5.81. The molecular formula is C24H44O2. The van der Waals surface area contributed by atoms with Gasteiger partial charge in [-0.05, 0) is 25.7 Å². The van der Waals surface area contributed by atoms with E-state index in [1.807, 2.05) is 0 Å². The van der Waals surface area contributed by atoms with Crippen molar-refractivity contribution in [1.29, 1.82) is 0 Å². The minimum atomic E-state index is -0.323. The number of carbonyl (C=O) groups is 1. The fraction of sp³-hybridized carbons (Fsp3) is 0.792. The van der Waals surface area contributed by atoms with E-state index in [2.05, 4.69) is 25.7 Å². The molecule has 0 heterocycles. The Labute approximate surface area is 163 Å². The highest BCUT2D eigenvalue weighted by Gasteiger charge is 1.94. The van der Waals surface area contributed by atoms with Gasteiger partial charge in [-0.3, -0.25) is 0 Å². The first kappa shape index (κ1) is 24.9. The van der Waals surface area contributed by atoms with Crippen LogP contribution in [0.3, 0.4) is 0 Å². The van der Waals surface area contributed by atoms with Crippen molar-refractivity contribution in [3.63, 3.8) is 0 Å². The Bertz CT molecular complexity index is 333. The first-order valence-electron chi connectivity index (χ1n) is 11.3. The predicted octanol–water partition coefficient (Wildman–Crippen LogP) is 7.92. The van der Waals surface area contributed by atoms with Gasteiger partial charge in [-0.2, -0.15) is 0 Å². The van der Waals surface area contributed by atoms with Gasteiger partial charge in [0, 0.05) is 6.08 Å². The van der Waals surface area contributed by atoms with Crippen molar-refractivity contribution in [1.82, 2.24) is 0 Å². The molecule has 0 fully saturated rings. The number of allylic oxidation sites excluding steroid dienone is 2. The molecule has 0 aliphatic carbocycles. The minimum Gasteiger partial charge on any atom is -0.463 e. The first-order chi connectivity index (χ1) is 12.8. The summed E-state index contributed by atoms with van der Waals surface area (Å²) in [6.45, 7) is 6.15. The van der Waals surface area contributed by atoms with Crippen LogP contribution >= 0.6 is 0 Å². The van der Waals surface area contributed by atoms with E-state index in [1.54, 1.807) is 0 Å². The third kappa shape index (κ3) is 21.0. The molecule has 0 saturated carbocycles. The summed E-state index contributed by atoms with van der Waals surface area (Å²) in [4.78, 5) is 10.8. The normalized spacial score (nSPS) is 11.1. The van der Waals surface area contributed by atoms with Crippen LogP contribution in [0, 0.1) is 0 Å². The molecule has 0 saturated heterocycles. The van der Waals surface area contributed by atoms with Crippen LogP contribution in [0.25, 0.3) is 0 Å². The monoisotopic (exact) mass is 364 g/mol. The summed E-state index contributed by atoms with van der Waals surface area (Å²) in [5, 5.41) is 0. The molecule has 152 valence electrons. The van der Waals surface area contributed by atoms with Gasteiger partial charge in [0.15, 0.2) is 0 Å². The third-order valence-corrected chi connectivity index (χ3v) is 4.82. The Morgan fingerprint density at radius 1 is 0.692 bits per heavy atom. The SMILES string of the molecule is C=CC(=O)OCCC/C=C/CCCCCCCCCCCCCCCC. The van der Waals surface area contributed by atoms with E-state index in [0.29, 0.717) is 6.61 Å². The van der Waals surface area contributed by atoms with E-state index < -0.39 is 0 Å². The lowest BCUT2D eigenvalue weighted by molar-refractivity contribution is -0.137. The summed E-state index contributed by atoms with van der Waals surface area (Å²) in [7, 11) is 0. The van der Waals surface area contributed by atoms with Gasteiger partial charge in [-0.1, -0.05) is 109 Å². The van der Waals surface area contributed by atoms with Crippen LogP contribution in [0.2, 0.25) is 0 Å². The lowest BCUT2D eigenvalue weighted by atomic mass is 10.0. The molecule has 26 heavy (non-hydrogen) atoms. The van der Waals surface area contributed by atoms with Crippen molar-refractivity contribution < 1.29 is 9.53 Å². The van der Waals surface area contributed by atoms with Crippen LogP contribution in [0.4, 0.5) is 0 Å². The Morgan fingerprint density at radius 3 is 1.58 bits per heavy atom. The number of unbranched alkanes of at least 4 members (excludes halogenated alkanes) is 15. The molecule has 0 aromatic rings. The van der Waals surface area contributed by atoms with E-state index in [1.165, 1.54) is 102 Å². The Balaban J connectivity index is 3.09. The molecule has 0 radical (unpaired) electrons. The van der Waals surface area contributed by atoms with E-state index in [-0.39, 0.29) is 5.97 Å². The summed E-state index contributed by atoms with van der Waals surface area (Å²) in [5.41, 5.74) is 0.